The van der Waals surface area contributed by atoms with Gasteiger partial charge in [0.1, 0.15) is 24.1 Å². The molecule has 3 N–H and O–H groups in total. The fourth-order valence-corrected chi connectivity index (χ4v) is 5.02. The smallest absolute Gasteiger partial charge is 0.143 e. The van der Waals surface area contributed by atoms with Gasteiger partial charge in [0, 0.05) is 31.2 Å². The Balaban J connectivity index is 1.15. The number of nitrogens with zero attached hydrogens (tertiary/aromatic N) is 3. The van der Waals surface area contributed by atoms with E-state index in [9.17, 15) is 4.79 Å². The van der Waals surface area contributed by atoms with E-state index < -0.39 is 0 Å². The second-order valence-corrected chi connectivity index (χ2v) is 9.87. The lowest BCUT2D eigenvalue weighted by atomic mass is 10.0. The maximum Gasteiger partial charge on any atom is 0.143 e. The van der Waals surface area contributed by atoms with Crippen molar-refractivity contribution in [3.05, 3.63) is 78.1 Å². The van der Waals surface area contributed by atoms with Gasteiger partial charge in [0.15, 0.2) is 0 Å². The third-order valence-corrected chi connectivity index (χ3v) is 7.17. The summed E-state index contributed by atoms with van der Waals surface area (Å²) in [6, 6.07) is 21.9. The number of fused-ring (bicyclic) bond motifs is 1. The van der Waals surface area contributed by atoms with Gasteiger partial charge in [0.05, 0.1) is 5.39 Å². The molecule has 0 spiro atoms. The number of rotatable bonds is 12. The molecule has 1 aliphatic rings. The molecular weight excluding hydrogens is 460 g/mol. The van der Waals surface area contributed by atoms with Crippen molar-refractivity contribution in [2.75, 3.05) is 25.0 Å². The lowest BCUT2D eigenvalue weighted by Gasteiger charge is -2.32. The van der Waals surface area contributed by atoms with Crippen LogP contribution in [0.3, 0.4) is 0 Å². The van der Waals surface area contributed by atoms with Gasteiger partial charge in [-0.1, -0.05) is 54.6 Å². The molecule has 0 radical (unpaired) electrons. The third-order valence-electron chi connectivity index (χ3n) is 7.17. The Hall–Kier alpha value is -3.55. The summed E-state index contributed by atoms with van der Waals surface area (Å²) >= 11 is 0. The topological polar surface area (TPSA) is 85.9 Å². The van der Waals surface area contributed by atoms with Crippen LogP contribution in [0.5, 0.6) is 0 Å². The van der Waals surface area contributed by atoms with Crippen LogP contribution in [-0.2, 0) is 17.9 Å². The highest BCUT2D eigenvalue weighted by atomic mass is 16.1. The van der Waals surface area contributed by atoms with Gasteiger partial charge in [-0.3, -0.25) is 4.90 Å². The van der Waals surface area contributed by atoms with Crippen LogP contribution in [0.1, 0.15) is 43.2 Å². The molecule has 1 aliphatic heterocycles. The molecule has 7 nitrogen and oxygen atoms in total. The van der Waals surface area contributed by atoms with Crippen LogP contribution >= 0.6 is 0 Å². The average molecular weight is 497 g/mol. The zero-order valence-electron chi connectivity index (χ0n) is 21.3. The van der Waals surface area contributed by atoms with E-state index in [1.807, 2.05) is 18.2 Å². The number of carbonyl (C=O) groups excluding carboxylic acids is 1. The number of likely N-dealkylation sites (tertiary alicyclic amines) is 1. The molecule has 2 aromatic carbocycles. The monoisotopic (exact) mass is 496 g/mol. The number of anilines is 1. The molecule has 1 saturated heterocycles. The van der Waals surface area contributed by atoms with Crippen molar-refractivity contribution >= 4 is 23.1 Å². The van der Waals surface area contributed by atoms with E-state index in [4.69, 9.17) is 0 Å². The van der Waals surface area contributed by atoms with Gasteiger partial charge in [-0.25, -0.2) is 9.97 Å². The minimum atomic E-state index is 0.604. The number of hydrogen-bond acceptors (Lipinski definition) is 6. The molecular formula is C30H36N6O. The van der Waals surface area contributed by atoms with Crippen LogP contribution in [0, 0.1) is 0 Å². The number of piperidine rings is 1. The zero-order valence-corrected chi connectivity index (χ0v) is 21.3. The highest BCUT2D eigenvalue weighted by molar-refractivity contribution is 5.91. The number of carbonyl (C=O) groups is 1. The van der Waals surface area contributed by atoms with Crippen LogP contribution in [0.25, 0.3) is 22.3 Å². The number of H-pyrrole nitrogens is 1. The SMILES string of the molecule is O=CCCCCNC1CCN(Cc2ccc(-c3cc4c(NCc5ccccc5)ncnc4[nH]3)cc2)CC1. The zero-order chi connectivity index (χ0) is 25.3. The Labute approximate surface area is 218 Å². The standard InChI is InChI=1S/C30H36N6O/c37-18-6-2-5-15-31-26-13-16-36(17-14-26)21-24-9-11-25(12-10-24)28-19-27-29(33-22-34-30(27)35-28)32-20-23-7-3-1-4-8-23/h1,3-4,7-12,18-19,22,26,31H,2,5-6,13-17,20-21H2,(H2,32,33,34,35). The van der Waals surface area contributed by atoms with E-state index in [2.05, 4.69) is 72.9 Å². The van der Waals surface area contributed by atoms with Gasteiger partial charge in [0.2, 0.25) is 0 Å². The largest absolute Gasteiger partial charge is 0.365 e. The molecule has 5 rings (SSSR count). The molecule has 0 saturated carbocycles. The fraction of sp³-hybridized carbons (Fsp3) is 0.367. The summed E-state index contributed by atoms with van der Waals surface area (Å²) in [5.41, 5.74) is 5.58. The highest BCUT2D eigenvalue weighted by Crippen LogP contribution is 2.27. The van der Waals surface area contributed by atoms with Crippen molar-refractivity contribution in [3.8, 4) is 11.3 Å². The number of unbranched alkanes of at least 4 members (excludes halogenated alkanes) is 2. The van der Waals surface area contributed by atoms with E-state index in [1.165, 1.54) is 24.0 Å². The van der Waals surface area contributed by atoms with Crippen LogP contribution in [0.2, 0.25) is 0 Å². The van der Waals surface area contributed by atoms with Crippen LogP contribution in [0.15, 0.2) is 67.0 Å². The van der Waals surface area contributed by atoms with Gasteiger partial charge in [0.25, 0.3) is 0 Å². The molecule has 0 amide bonds. The summed E-state index contributed by atoms with van der Waals surface area (Å²) in [4.78, 5) is 25.3. The molecule has 4 aromatic rings. The quantitative estimate of drug-likeness (QED) is 0.186. The van der Waals surface area contributed by atoms with Gasteiger partial charge < -0.3 is 20.4 Å². The Morgan fingerprint density at radius 1 is 0.973 bits per heavy atom. The second-order valence-electron chi connectivity index (χ2n) is 9.87. The second kappa shape index (κ2) is 12.6. The number of hydrogen-bond donors (Lipinski definition) is 3. The van der Waals surface area contributed by atoms with Crippen LogP contribution in [0.4, 0.5) is 5.82 Å². The lowest BCUT2D eigenvalue weighted by Crippen LogP contribution is -2.42. The van der Waals surface area contributed by atoms with Gasteiger partial charge in [-0.05, 0) is 68.1 Å². The maximum atomic E-state index is 10.4. The molecule has 2 aromatic heterocycles. The minimum absolute atomic E-state index is 0.604. The average Bonchev–Trinajstić information content (AvgIpc) is 3.39. The van der Waals surface area contributed by atoms with Crippen molar-refractivity contribution in [1.29, 1.82) is 0 Å². The highest BCUT2D eigenvalue weighted by Gasteiger charge is 2.18. The van der Waals surface area contributed by atoms with Crippen molar-refractivity contribution < 1.29 is 4.79 Å². The molecule has 1 fully saturated rings. The summed E-state index contributed by atoms with van der Waals surface area (Å²) in [5, 5.41) is 8.11. The summed E-state index contributed by atoms with van der Waals surface area (Å²) in [6.45, 7) is 4.96. The fourth-order valence-electron chi connectivity index (χ4n) is 5.02. The molecule has 3 heterocycles. The van der Waals surface area contributed by atoms with Crippen molar-refractivity contribution in [3.63, 3.8) is 0 Å². The van der Waals surface area contributed by atoms with E-state index in [0.29, 0.717) is 12.5 Å². The first-order chi connectivity index (χ1) is 18.3. The Morgan fingerprint density at radius 3 is 2.57 bits per heavy atom. The Morgan fingerprint density at radius 2 is 1.78 bits per heavy atom. The van der Waals surface area contributed by atoms with Crippen molar-refractivity contribution in [2.24, 2.45) is 0 Å². The third kappa shape index (κ3) is 6.81. The molecule has 37 heavy (non-hydrogen) atoms. The summed E-state index contributed by atoms with van der Waals surface area (Å²) < 4.78 is 0. The molecule has 7 heteroatoms. The summed E-state index contributed by atoms with van der Waals surface area (Å²) in [6.07, 6.45) is 7.74. The number of aromatic amines is 1. The van der Waals surface area contributed by atoms with Crippen molar-refractivity contribution in [2.45, 2.75) is 51.2 Å². The number of nitrogens with one attached hydrogen (secondary N) is 3. The predicted molar refractivity (Wildman–Crippen MR) is 149 cm³/mol. The van der Waals surface area contributed by atoms with E-state index in [1.54, 1.807) is 6.33 Å². The van der Waals surface area contributed by atoms with Gasteiger partial charge >= 0.3 is 0 Å². The lowest BCUT2D eigenvalue weighted by molar-refractivity contribution is -0.107. The van der Waals surface area contributed by atoms with Crippen molar-refractivity contribution in [1.82, 2.24) is 25.2 Å². The first-order valence-corrected chi connectivity index (χ1v) is 13.4. The maximum absolute atomic E-state index is 10.4. The number of aromatic nitrogens is 3. The van der Waals surface area contributed by atoms with Crippen LogP contribution in [-0.4, -0.2) is 51.8 Å². The van der Waals surface area contributed by atoms with Crippen LogP contribution < -0.4 is 10.6 Å². The Kier molecular flexibility index (Phi) is 8.56. The van der Waals surface area contributed by atoms with E-state index in [-0.39, 0.29) is 0 Å². The number of aldehydes is 1. The number of benzene rings is 2. The molecule has 0 unspecified atom stereocenters. The predicted octanol–water partition coefficient (Wildman–Crippen LogP) is 5.16. The van der Waals surface area contributed by atoms with Gasteiger partial charge in [-0.15, -0.1) is 0 Å². The van der Waals surface area contributed by atoms with E-state index in [0.717, 1.165) is 80.0 Å². The molecule has 0 atom stereocenters. The van der Waals surface area contributed by atoms with E-state index >= 15 is 0 Å². The van der Waals surface area contributed by atoms with Gasteiger partial charge in [-0.2, -0.15) is 0 Å². The Bertz CT molecular complexity index is 1260. The normalized spacial score (nSPS) is 14.7. The summed E-state index contributed by atoms with van der Waals surface area (Å²) in [5.74, 6) is 0.840. The summed E-state index contributed by atoms with van der Waals surface area (Å²) in [7, 11) is 0. The molecule has 192 valence electrons. The molecule has 0 aliphatic carbocycles. The first-order valence-electron chi connectivity index (χ1n) is 13.4. The molecule has 0 bridgehead atoms. The first kappa shape index (κ1) is 25.1. The minimum Gasteiger partial charge on any atom is -0.365 e.